The van der Waals surface area contributed by atoms with Crippen LogP contribution in [0.1, 0.15) is 39.2 Å². The van der Waals surface area contributed by atoms with Gasteiger partial charge in [0.05, 0.1) is 6.20 Å². The summed E-state index contributed by atoms with van der Waals surface area (Å²) < 4.78 is 1.84. The van der Waals surface area contributed by atoms with Crippen LogP contribution in [0.4, 0.5) is 0 Å². The summed E-state index contributed by atoms with van der Waals surface area (Å²) in [6, 6.07) is 0.455. The molecular weight excluding hydrogens is 238 g/mol. The molecule has 1 atom stereocenters. The summed E-state index contributed by atoms with van der Waals surface area (Å²) in [6.07, 6.45) is 7.15. The molecule has 1 unspecified atom stereocenters. The molecule has 0 aliphatic heterocycles. The smallest absolute Gasteiger partial charge is 0.191 e. The molecule has 0 radical (unpaired) electrons. The zero-order valence-corrected chi connectivity index (χ0v) is 12.6. The molecule has 5 heteroatoms. The standard InChI is InChI=1S/C14H27N5/c1-5-12(3)18-14(15-6-2)16-9-7-8-13-10-17-19(4)11-13/h10-12H,5-9H2,1-4H3,(H2,15,16,18). The second-order valence-corrected chi connectivity index (χ2v) is 4.84. The Hall–Kier alpha value is -1.52. The second-order valence-electron chi connectivity index (χ2n) is 4.84. The van der Waals surface area contributed by atoms with E-state index in [0.29, 0.717) is 6.04 Å². The molecule has 0 spiro atoms. The van der Waals surface area contributed by atoms with Crippen molar-refractivity contribution in [1.82, 2.24) is 20.4 Å². The van der Waals surface area contributed by atoms with E-state index in [0.717, 1.165) is 38.3 Å². The fraction of sp³-hybridized carbons (Fsp3) is 0.714. The van der Waals surface area contributed by atoms with Gasteiger partial charge in [-0.15, -0.1) is 0 Å². The normalized spacial score (nSPS) is 13.4. The Labute approximate surface area is 116 Å². The minimum absolute atomic E-state index is 0.455. The molecule has 1 rings (SSSR count). The first kappa shape index (κ1) is 15.5. The molecular formula is C14H27N5. The maximum atomic E-state index is 4.59. The van der Waals surface area contributed by atoms with Gasteiger partial charge in [-0.1, -0.05) is 6.92 Å². The summed E-state index contributed by atoms with van der Waals surface area (Å²) in [6.45, 7) is 8.15. The van der Waals surface area contributed by atoms with Gasteiger partial charge in [0.1, 0.15) is 0 Å². The number of hydrogen-bond donors (Lipinski definition) is 2. The highest BCUT2D eigenvalue weighted by atomic mass is 15.2. The Morgan fingerprint density at radius 3 is 2.84 bits per heavy atom. The Balaban J connectivity index is 2.34. The van der Waals surface area contributed by atoms with Gasteiger partial charge in [0, 0.05) is 32.4 Å². The van der Waals surface area contributed by atoms with Crippen LogP contribution in [0.3, 0.4) is 0 Å². The number of rotatable bonds is 7. The minimum Gasteiger partial charge on any atom is -0.357 e. The van der Waals surface area contributed by atoms with Crippen LogP contribution in [0.2, 0.25) is 0 Å². The molecule has 1 aromatic rings. The van der Waals surface area contributed by atoms with Crippen LogP contribution >= 0.6 is 0 Å². The largest absolute Gasteiger partial charge is 0.357 e. The molecule has 2 N–H and O–H groups in total. The quantitative estimate of drug-likeness (QED) is 0.448. The molecule has 108 valence electrons. The van der Waals surface area contributed by atoms with Crippen molar-refractivity contribution in [1.29, 1.82) is 0 Å². The lowest BCUT2D eigenvalue weighted by molar-refractivity contribution is 0.623. The summed E-state index contributed by atoms with van der Waals surface area (Å²) in [5.74, 6) is 0.919. The van der Waals surface area contributed by atoms with Gasteiger partial charge in [-0.3, -0.25) is 9.67 Å². The van der Waals surface area contributed by atoms with Crippen LogP contribution in [-0.2, 0) is 13.5 Å². The van der Waals surface area contributed by atoms with Gasteiger partial charge in [-0.05, 0) is 38.7 Å². The SMILES string of the molecule is CCNC(=NCCCc1cnn(C)c1)NC(C)CC. The van der Waals surface area contributed by atoms with E-state index in [1.807, 2.05) is 17.9 Å². The van der Waals surface area contributed by atoms with E-state index in [1.165, 1.54) is 5.56 Å². The van der Waals surface area contributed by atoms with Crippen molar-refractivity contribution in [3.8, 4) is 0 Å². The third kappa shape index (κ3) is 6.27. The number of nitrogens with one attached hydrogen (secondary N) is 2. The Kier molecular flexibility index (Phi) is 7.00. The first-order valence-corrected chi connectivity index (χ1v) is 7.18. The third-order valence-corrected chi connectivity index (χ3v) is 2.99. The van der Waals surface area contributed by atoms with E-state index in [1.54, 1.807) is 0 Å². The van der Waals surface area contributed by atoms with Gasteiger partial charge < -0.3 is 10.6 Å². The molecule has 0 aromatic carbocycles. The van der Waals surface area contributed by atoms with Gasteiger partial charge >= 0.3 is 0 Å². The average molecular weight is 265 g/mol. The first-order chi connectivity index (χ1) is 9.15. The van der Waals surface area contributed by atoms with Crippen molar-refractivity contribution in [3.63, 3.8) is 0 Å². The number of guanidine groups is 1. The molecule has 0 aliphatic carbocycles. The highest BCUT2D eigenvalue weighted by Gasteiger charge is 2.02. The van der Waals surface area contributed by atoms with Gasteiger partial charge in [0.15, 0.2) is 5.96 Å². The lowest BCUT2D eigenvalue weighted by Gasteiger charge is -2.16. The summed E-state index contributed by atoms with van der Waals surface area (Å²) in [5.41, 5.74) is 1.28. The van der Waals surface area contributed by atoms with E-state index in [-0.39, 0.29) is 0 Å². The maximum absolute atomic E-state index is 4.59. The molecule has 19 heavy (non-hydrogen) atoms. The van der Waals surface area contributed by atoms with Crippen LogP contribution in [0, 0.1) is 0 Å². The molecule has 1 aromatic heterocycles. The van der Waals surface area contributed by atoms with Gasteiger partial charge in [0.2, 0.25) is 0 Å². The number of aryl methyl sites for hydroxylation is 2. The summed E-state index contributed by atoms with van der Waals surface area (Å²) in [5, 5.41) is 10.8. The van der Waals surface area contributed by atoms with Crippen molar-refractivity contribution < 1.29 is 0 Å². The van der Waals surface area contributed by atoms with Crippen LogP contribution < -0.4 is 10.6 Å². The first-order valence-electron chi connectivity index (χ1n) is 7.18. The van der Waals surface area contributed by atoms with Crippen molar-refractivity contribution in [3.05, 3.63) is 18.0 Å². The fourth-order valence-electron chi connectivity index (χ4n) is 1.73. The van der Waals surface area contributed by atoms with E-state index in [4.69, 9.17) is 0 Å². The van der Waals surface area contributed by atoms with Crippen molar-refractivity contribution in [2.75, 3.05) is 13.1 Å². The van der Waals surface area contributed by atoms with Gasteiger partial charge in [0.25, 0.3) is 0 Å². The summed E-state index contributed by atoms with van der Waals surface area (Å²) >= 11 is 0. The zero-order valence-electron chi connectivity index (χ0n) is 12.6. The predicted molar refractivity (Wildman–Crippen MR) is 80.4 cm³/mol. The van der Waals surface area contributed by atoms with Crippen LogP contribution in [-0.4, -0.2) is 34.9 Å². The van der Waals surface area contributed by atoms with E-state index < -0.39 is 0 Å². The lowest BCUT2D eigenvalue weighted by Crippen LogP contribution is -2.42. The monoisotopic (exact) mass is 265 g/mol. The summed E-state index contributed by atoms with van der Waals surface area (Å²) in [7, 11) is 1.95. The predicted octanol–water partition coefficient (Wildman–Crippen LogP) is 1.71. The van der Waals surface area contributed by atoms with Crippen molar-refractivity contribution in [2.24, 2.45) is 12.0 Å². The molecule has 5 nitrogen and oxygen atoms in total. The number of hydrogen-bond acceptors (Lipinski definition) is 2. The Bertz CT molecular complexity index is 383. The Morgan fingerprint density at radius 2 is 2.26 bits per heavy atom. The van der Waals surface area contributed by atoms with E-state index in [9.17, 15) is 0 Å². The third-order valence-electron chi connectivity index (χ3n) is 2.99. The second kappa shape index (κ2) is 8.56. The van der Waals surface area contributed by atoms with Crippen LogP contribution in [0.25, 0.3) is 0 Å². The van der Waals surface area contributed by atoms with Gasteiger partial charge in [-0.25, -0.2) is 0 Å². The Morgan fingerprint density at radius 1 is 1.47 bits per heavy atom. The number of aromatic nitrogens is 2. The lowest BCUT2D eigenvalue weighted by atomic mass is 10.2. The van der Waals surface area contributed by atoms with E-state index in [2.05, 4.69) is 47.7 Å². The van der Waals surface area contributed by atoms with Crippen molar-refractivity contribution >= 4 is 5.96 Å². The minimum atomic E-state index is 0.455. The highest BCUT2D eigenvalue weighted by molar-refractivity contribution is 5.79. The molecule has 0 bridgehead atoms. The molecule has 0 amide bonds. The van der Waals surface area contributed by atoms with Crippen LogP contribution in [0.5, 0.6) is 0 Å². The highest BCUT2D eigenvalue weighted by Crippen LogP contribution is 2.00. The van der Waals surface area contributed by atoms with E-state index >= 15 is 0 Å². The van der Waals surface area contributed by atoms with Crippen molar-refractivity contribution in [2.45, 2.75) is 46.1 Å². The number of nitrogens with zero attached hydrogens (tertiary/aromatic N) is 3. The molecule has 0 aliphatic rings. The molecule has 0 saturated heterocycles. The number of aliphatic imine (C=N–C) groups is 1. The van der Waals surface area contributed by atoms with Crippen LogP contribution in [0.15, 0.2) is 17.4 Å². The molecule has 1 heterocycles. The fourth-order valence-corrected chi connectivity index (χ4v) is 1.73. The molecule has 0 fully saturated rings. The maximum Gasteiger partial charge on any atom is 0.191 e. The van der Waals surface area contributed by atoms with Gasteiger partial charge in [-0.2, -0.15) is 5.10 Å². The molecule has 0 saturated carbocycles. The topological polar surface area (TPSA) is 54.2 Å². The zero-order chi connectivity index (χ0) is 14.1. The average Bonchev–Trinajstić information content (AvgIpc) is 2.80. The summed E-state index contributed by atoms with van der Waals surface area (Å²) in [4.78, 5) is 4.59.